The van der Waals surface area contributed by atoms with E-state index >= 15 is 0 Å². The van der Waals surface area contributed by atoms with Crippen LogP contribution in [0.2, 0.25) is 0 Å². The molecule has 0 spiro atoms. The first-order chi connectivity index (χ1) is 13.2. The number of ether oxygens (including phenoxy) is 3. The van der Waals surface area contributed by atoms with Gasteiger partial charge in [-0.25, -0.2) is 5.43 Å². The average molecular weight is 438 g/mol. The Morgan fingerprint density at radius 2 is 2.00 bits per heavy atom. The molecule has 0 unspecified atom stereocenters. The molecule has 0 aliphatic carbocycles. The van der Waals surface area contributed by atoms with Gasteiger partial charge in [0.15, 0.2) is 12.4 Å². The Morgan fingerprint density at radius 3 is 2.70 bits per heavy atom. The molecule has 3 rings (SSSR count). The van der Waals surface area contributed by atoms with E-state index < -0.39 is 0 Å². The summed E-state index contributed by atoms with van der Waals surface area (Å²) in [5.74, 6) is 2.17. The Morgan fingerprint density at radius 1 is 1.30 bits per heavy atom. The molecule has 8 nitrogen and oxygen atoms in total. The molecule has 9 heteroatoms. The van der Waals surface area contributed by atoms with Gasteiger partial charge in [-0.15, -0.1) is 0 Å². The third-order valence-electron chi connectivity index (χ3n) is 3.80. The van der Waals surface area contributed by atoms with Crippen molar-refractivity contribution in [1.29, 1.82) is 0 Å². The molecule has 0 radical (unpaired) electrons. The molecule has 2 aromatic rings. The number of furan rings is 1. The highest BCUT2D eigenvalue weighted by Crippen LogP contribution is 2.30. The maximum atomic E-state index is 11.8. The highest BCUT2D eigenvalue weighted by Gasteiger charge is 2.18. The molecule has 27 heavy (non-hydrogen) atoms. The van der Waals surface area contributed by atoms with Gasteiger partial charge in [-0.3, -0.25) is 4.79 Å². The highest BCUT2D eigenvalue weighted by atomic mass is 79.9. The normalized spacial score (nSPS) is 14.4. The van der Waals surface area contributed by atoms with E-state index in [0.29, 0.717) is 24.7 Å². The summed E-state index contributed by atoms with van der Waals surface area (Å²) in [7, 11) is 1.59. The zero-order valence-electron chi connectivity index (χ0n) is 14.8. The molecule has 1 amide bonds. The summed E-state index contributed by atoms with van der Waals surface area (Å²) < 4.78 is 22.4. The maximum Gasteiger partial charge on any atom is 0.277 e. The SMILES string of the molecule is COc1ccc(OCC(=O)N/N=C/c2cc(Br)c(N3CCOCC3)o2)cc1. The number of carbonyl (C=O) groups is 1. The van der Waals surface area contributed by atoms with Gasteiger partial charge in [0.2, 0.25) is 5.88 Å². The minimum Gasteiger partial charge on any atom is -0.497 e. The summed E-state index contributed by atoms with van der Waals surface area (Å²) >= 11 is 3.48. The molecule has 2 heterocycles. The summed E-state index contributed by atoms with van der Waals surface area (Å²) in [5, 5.41) is 3.90. The number of benzene rings is 1. The lowest BCUT2D eigenvalue weighted by Gasteiger charge is -2.26. The monoisotopic (exact) mass is 437 g/mol. The van der Waals surface area contributed by atoms with Crippen LogP contribution in [0.1, 0.15) is 5.76 Å². The van der Waals surface area contributed by atoms with E-state index in [0.717, 1.165) is 29.2 Å². The van der Waals surface area contributed by atoms with Gasteiger partial charge in [0.25, 0.3) is 5.91 Å². The van der Waals surface area contributed by atoms with Crippen LogP contribution in [0.5, 0.6) is 11.5 Å². The van der Waals surface area contributed by atoms with Crippen molar-refractivity contribution in [3.63, 3.8) is 0 Å². The fourth-order valence-corrected chi connectivity index (χ4v) is 3.00. The number of morpholine rings is 1. The Bertz CT molecular complexity index is 785. The van der Waals surface area contributed by atoms with E-state index in [1.54, 1.807) is 37.4 Å². The predicted molar refractivity (Wildman–Crippen MR) is 104 cm³/mol. The van der Waals surface area contributed by atoms with Crippen molar-refractivity contribution in [1.82, 2.24) is 5.43 Å². The van der Waals surface area contributed by atoms with Crippen molar-refractivity contribution in [3.05, 3.63) is 40.6 Å². The Kier molecular flexibility index (Phi) is 6.72. The van der Waals surface area contributed by atoms with Gasteiger partial charge in [0, 0.05) is 19.2 Å². The summed E-state index contributed by atoms with van der Waals surface area (Å²) in [6, 6.07) is 8.76. The molecule has 144 valence electrons. The van der Waals surface area contributed by atoms with E-state index in [2.05, 4.69) is 31.4 Å². The lowest BCUT2D eigenvalue weighted by Crippen LogP contribution is -2.36. The van der Waals surface area contributed by atoms with Gasteiger partial charge in [-0.05, 0) is 40.2 Å². The topological polar surface area (TPSA) is 85.5 Å². The van der Waals surface area contributed by atoms with Crippen LogP contribution in [0.3, 0.4) is 0 Å². The molecule has 1 fully saturated rings. The summed E-state index contributed by atoms with van der Waals surface area (Å²) in [6.45, 7) is 2.72. The molecule has 1 aromatic carbocycles. The van der Waals surface area contributed by atoms with E-state index in [9.17, 15) is 4.79 Å². The van der Waals surface area contributed by atoms with E-state index in [-0.39, 0.29) is 12.5 Å². The third-order valence-corrected chi connectivity index (χ3v) is 4.36. The molecule has 1 N–H and O–H groups in total. The number of anilines is 1. The Balaban J connectivity index is 1.47. The lowest BCUT2D eigenvalue weighted by molar-refractivity contribution is -0.123. The fraction of sp³-hybridized carbons (Fsp3) is 0.333. The van der Waals surface area contributed by atoms with Gasteiger partial charge >= 0.3 is 0 Å². The van der Waals surface area contributed by atoms with E-state index in [4.69, 9.17) is 18.6 Å². The van der Waals surface area contributed by atoms with Crippen LogP contribution in [-0.4, -0.2) is 52.1 Å². The Hall–Kier alpha value is -2.52. The standard InChI is InChI=1S/C18H20BrN3O5/c1-24-13-2-4-14(5-3-13)26-12-17(23)21-20-11-15-10-16(19)18(27-15)22-6-8-25-9-7-22/h2-5,10-11H,6-9,12H2,1H3,(H,21,23)/b20-11+. The molecule has 0 atom stereocenters. The smallest absolute Gasteiger partial charge is 0.277 e. The number of nitrogens with one attached hydrogen (secondary N) is 1. The summed E-state index contributed by atoms with van der Waals surface area (Å²) in [4.78, 5) is 13.9. The van der Waals surface area contributed by atoms with Crippen LogP contribution in [0.15, 0.2) is 44.3 Å². The first kappa shape index (κ1) is 19.2. The minimum atomic E-state index is -0.374. The summed E-state index contributed by atoms with van der Waals surface area (Å²) in [6.07, 6.45) is 1.44. The van der Waals surface area contributed by atoms with Crippen LogP contribution in [-0.2, 0) is 9.53 Å². The zero-order chi connectivity index (χ0) is 19.1. The van der Waals surface area contributed by atoms with Gasteiger partial charge in [0.05, 0.1) is 31.0 Å². The van der Waals surface area contributed by atoms with Crippen LogP contribution < -0.4 is 19.8 Å². The molecular weight excluding hydrogens is 418 g/mol. The molecule has 1 aliphatic rings. The number of carbonyl (C=O) groups excluding carboxylic acids is 1. The average Bonchev–Trinajstić information content (AvgIpc) is 3.08. The number of halogens is 1. The van der Waals surface area contributed by atoms with Crippen molar-refractivity contribution in [2.75, 3.05) is 44.9 Å². The van der Waals surface area contributed by atoms with Gasteiger partial charge < -0.3 is 23.5 Å². The van der Waals surface area contributed by atoms with Crippen molar-refractivity contribution < 1.29 is 23.4 Å². The predicted octanol–water partition coefficient (Wildman–Crippen LogP) is 2.42. The van der Waals surface area contributed by atoms with Crippen LogP contribution in [0, 0.1) is 0 Å². The minimum absolute atomic E-state index is 0.148. The molecule has 1 aromatic heterocycles. The first-order valence-electron chi connectivity index (χ1n) is 8.36. The lowest BCUT2D eigenvalue weighted by atomic mass is 10.3. The van der Waals surface area contributed by atoms with Gasteiger partial charge in [0.1, 0.15) is 11.5 Å². The van der Waals surface area contributed by atoms with Crippen molar-refractivity contribution >= 4 is 33.9 Å². The van der Waals surface area contributed by atoms with E-state index in [1.165, 1.54) is 6.21 Å². The van der Waals surface area contributed by atoms with Crippen LogP contribution in [0.4, 0.5) is 5.88 Å². The second-order valence-electron chi connectivity index (χ2n) is 5.66. The van der Waals surface area contributed by atoms with Crippen molar-refractivity contribution in [3.8, 4) is 11.5 Å². The largest absolute Gasteiger partial charge is 0.497 e. The molecular formula is C18H20BrN3O5. The number of hydrogen-bond acceptors (Lipinski definition) is 7. The quantitative estimate of drug-likeness (QED) is 0.528. The van der Waals surface area contributed by atoms with Gasteiger partial charge in [-0.1, -0.05) is 0 Å². The van der Waals surface area contributed by atoms with E-state index in [1.807, 2.05) is 0 Å². The number of amides is 1. The highest BCUT2D eigenvalue weighted by molar-refractivity contribution is 9.10. The van der Waals surface area contributed by atoms with Crippen molar-refractivity contribution in [2.24, 2.45) is 5.10 Å². The van der Waals surface area contributed by atoms with Crippen LogP contribution >= 0.6 is 15.9 Å². The molecule has 1 aliphatic heterocycles. The van der Waals surface area contributed by atoms with Gasteiger partial charge in [-0.2, -0.15) is 5.10 Å². The first-order valence-corrected chi connectivity index (χ1v) is 9.16. The zero-order valence-corrected chi connectivity index (χ0v) is 16.4. The molecule has 0 bridgehead atoms. The van der Waals surface area contributed by atoms with Crippen molar-refractivity contribution in [2.45, 2.75) is 0 Å². The molecule has 1 saturated heterocycles. The number of methoxy groups -OCH3 is 1. The number of hydrazone groups is 1. The second-order valence-corrected chi connectivity index (χ2v) is 6.51. The molecule has 0 saturated carbocycles. The number of rotatable bonds is 7. The summed E-state index contributed by atoms with van der Waals surface area (Å²) in [5.41, 5.74) is 2.40. The third kappa shape index (κ3) is 5.48. The second kappa shape index (κ2) is 9.43. The maximum absolute atomic E-state index is 11.8. The number of nitrogens with zero attached hydrogens (tertiary/aromatic N) is 2. The number of hydrogen-bond donors (Lipinski definition) is 1. The van der Waals surface area contributed by atoms with Crippen LogP contribution in [0.25, 0.3) is 0 Å². The Labute approximate surface area is 165 Å². The fourth-order valence-electron chi connectivity index (χ4n) is 2.44.